The fraction of sp³-hybridized carbons (Fsp3) is 0.0588. The van der Waals surface area contributed by atoms with Gasteiger partial charge in [-0.25, -0.2) is 4.79 Å². The van der Waals surface area contributed by atoms with E-state index in [1.807, 2.05) is 0 Å². The summed E-state index contributed by atoms with van der Waals surface area (Å²) >= 11 is 12.4. The lowest BCUT2D eigenvalue weighted by atomic mass is 10.1. The zero-order valence-corrected chi connectivity index (χ0v) is 14.8. The SMILES string of the molecule is COC(=O)c1c(-c2c(Cl)cccc2Cl)noc1NC(=O)c1ccccn1. The minimum Gasteiger partial charge on any atom is -0.465 e. The predicted molar refractivity (Wildman–Crippen MR) is 95.5 cm³/mol. The number of pyridine rings is 1. The monoisotopic (exact) mass is 391 g/mol. The molecule has 1 N–H and O–H groups in total. The van der Waals surface area contributed by atoms with Crippen molar-refractivity contribution in [3.63, 3.8) is 0 Å². The first-order valence-electron chi connectivity index (χ1n) is 7.27. The molecule has 2 heterocycles. The summed E-state index contributed by atoms with van der Waals surface area (Å²) in [6.45, 7) is 0. The van der Waals surface area contributed by atoms with Crippen LogP contribution < -0.4 is 5.32 Å². The fourth-order valence-corrected chi connectivity index (χ4v) is 2.80. The van der Waals surface area contributed by atoms with Crippen molar-refractivity contribution in [2.75, 3.05) is 12.4 Å². The first-order chi connectivity index (χ1) is 12.5. The Morgan fingerprint density at radius 2 is 1.85 bits per heavy atom. The highest BCUT2D eigenvalue weighted by atomic mass is 35.5. The molecule has 3 rings (SSSR count). The molecule has 0 aliphatic rings. The number of rotatable bonds is 4. The Balaban J connectivity index is 2.07. The van der Waals surface area contributed by atoms with Crippen molar-refractivity contribution in [2.45, 2.75) is 0 Å². The molecule has 2 aromatic heterocycles. The second-order valence-corrected chi connectivity index (χ2v) is 5.81. The molecule has 9 heteroatoms. The molecule has 0 fully saturated rings. The molecule has 0 aliphatic carbocycles. The fourth-order valence-electron chi connectivity index (χ4n) is 2.23. The van der Waals surface area contributed by atoms with Crippen molar-refractivity contribution in [2.24, 2.45) is 0 Å². The number of hydrogen-bond acceptors (Lipinski definition) is 6. The lowest BCUT2D eigenvalue weighted by molar-refractivity contribution is 0.0602. The van der Waals surface area contributed by atoms with E-state index in [4.69, 9.17) is 32.5 Å². The van der Waals surface area contributed by atoms with Crippen LogP contribution in [0.25, 0.3) is 11.3 Å². The molecule has 7 nitrogen and oxygen atoms in total. The Hall–Kier alpha value is -2.90. The highest BCUT2D eigenvalue weighted by Gasteiger charge is 2.29. The number of esters is 1. The molecule has 26 heavy (non-hydrogen) atoms. The van der Waals surface area contributed by atoms with Gasteiger partial charge in [0.15, 0.2) is 5.56 Å². The van der Waals surface area contributed by atoms with E-state index in [9.17, 15) is 9.59 Å². The van der Waals surface area contributed by atoms with Gasteiger partial charge in [-0.15, -0.1) is 0 Å². The van der Waals surface area contributed by atoms with Crippen LogP contribution >= 0.6 is 23.2 Å². The minimum atomic E-state index is -0.770. The zero-order valence-electron chi connectivity index (χ0n) is 13.3. The summed E-state index contributed by atoms with van der Waals surface area (Å²) in [4.78, 5) is 28.5. The Morgan fingerprint density at radius 3 is 2.46 bits per heavy atom. The van der Waals surface area contributed by atoms with E-state index in [0.717, 1.165) is 0 Å². The van der Waals surface area contributed by atoms with Gasteiger partial charge in [-0.05, 0) is 24.3 Å². The van der Waals surface area contributed by atoms with E-state index in [-0.39, 0.29) is 32.9 Å². The van der Waals surface area contributed by atoms with Crippen molar-refractivity contribution in [1.82, 2.24) is 10.1 Å². The number of ether oxygens (including phenoxy) is 1. The summed E-state index contributed by atoms with van der Waals surface area (Å²) in [7, 11) is 1.19. The average molecular weight is 392 g/mol. The smallest absolute Gasteiger partial charge is 0.345 e. The maximum Gasteiger partial charge on any atom is 0.345 e. The Kier molecular flexibility index (Phi) is 5.20. The predicted octanol–water partition coefficient (Wildman–Crippen LogP) is 4.08. The van der Waals surface area contributed by atoms with Crippen LogP contribution in [-0.2, 0) is 4.74 Å². The molecule has 0 saturated carbocycles. The third kappa shape index (κ3) is 3.40. The minimum absolute atomic E-state index is 0.0590. The van der Waals surface area contributed by atoms with Crippen molar-refractivity contribution in [3.8, 4) is 11.3 Å². The summed E-state index contributed by atoms with van der Waals surface area (Å²) in [6, 6.07) is 9.65. The number of anilines is 1. The van der Waals surface area contributed by atoms with Crippen LogP contribution in [0, 0.1) is 0 Å². The summed E-state index contributed by atoms with van der Waals surface area (Å²) in [5, 5.41) is 6.82. The Morgan fingerprint density at radius 1 is 1.12 bits per heavy atom. The molecule has 3 aromatic rings. The number of nitrogens with zero attached hydrogens (tertiary/aromatic N) is 2. The maximum atomic E-state index is 12.3. The van der Waals surface area contributed by atoms with E-state index in [2.05, 4.69) is 15.5 Å². The van der Waals surface area contributed by atoms with Gasteiger partial charge in [0.25, 0.3) is 5.91 Å². The molecule has 0 saturated heterocycles. The number of benzene rings is 1. The molecule has 1 amide bonds. The van der Waals surface area contributed by atoms with Crippen molar-refractivity contribution >= 4 is 41.0 Å². The van der Waals surface area contributed by atoms with E-state index in [0.29, 0.717) is 5.56 Å². The van der Waals surface area contributed by atoms with Gasteiger partial charge in [0.1, 0.15) is 11.4 Å². The van der Waals surface area contributed by atoms with E-state index < -0.39 is 11.9 Å². The summed E-state index contributed by atoms with van der Waals surface area (Å²) < 4.78 is 9.92. The topological polar surface area (TPSA) is 94.3 Å². The first-order valence-corrected chi connectivity index (χ1v) is 8.03. The molecule has 0 aliphatic heterocycles. The number of nitrogens with one attached hydrogen (secondary N) is 1. The number of carbonyl (C=O) groups is 2. The summed E-state index contributed by atoms with van der Waals surface area (Å²) in [5.41, 5.74) is 0.380. The number of amides is 1. The molecule has 0 bridgehead atoms. The number of hydrogen-bond donors (Lipinski definition) is 1. The molecule has 0 unspecified atom stereocenters. The Bertz CT molecular complexity index is 953. The van der Waals surface area contributed by atoms with Gasteiger partial charge in [0, 0.05) is 11.8 Å². The molecule has 0 spiro atoms. The van der Waals surface area contributed by atoms with Crippen LogP contribution in [0.5, 0.6) is 0 Å². The quantitative estimate of drug-likeness (QED) is 0.673. The van der Waals surface area contributed by atoms with Gasteiger partial charge >= 0.3 is 5.97 Å². The summed E-state index contributed by atoms with van der Waals surface area (Å²) in [5.74, 6) is -1.55. The molecule has 0 atom stereocenters. The van der Waals surface area contributed by atoms with Crippen molar-refractivity contribution in [3.05, 3.63) is 63.9 Å². The lowest BCUT2D eigenvalue weighted by Crippen LogP contribution is -2.15. The van der Waals surface area contributed by atoms with Crippen LogP contribution in [0.1, 0.15) is 20.8 Å². The highest BCUT2D eigenvalue weighted by molar-refractivity contribution is 6.39. The standard InChI is InChI=1S/C17H11Cl2N3O4/c1-25-17(24)13-14(12-9(18)5-4-6-10(12)19)22-26-16(13)21-15(23)11-7-2-3-8-20-11/h2-8H,1H3,(H,21,23). The van der Waals surface area contributed by atoms with Crippen LogP contribution in [0.15, 0.2) is 47.1 Å². The molecule has 132 valence electrons. The van der Waals surface area contributed by atoms with E-state index in [1.54, 1.807) is 30.3 Å². The van der Waals surface area contributed by atoms with Crippen LogP contribution in [0.3, 0.4) is 0 Å². The molecule has 1 aromatic carbocycles. The highest BCUT2D eigenvalue weighted by Crippen LogP contribution is 2.38. The van der Waals surface area contributed by atoms with Gasteiger partial charge in [0.05, 0.1) is 17.2 Å². The molecular formula is C17H11Cl2N3O4. The van der Waals surface area contributed by atoms with E-state index in [1.165, 1.54) is 19.4 Å². The third-order valence-corrected chi connectivity index (χ3v) is 4.04. The largest absolute Gasteiger partial charge is 0.465 e. The zero-order chi connectivity index (χ0) is 18.7. The van der Waals surface area contributed by atoms with Gasteiger partial charge in [-0.2, -0.15) is 0 Å². The third-order valence-electron chi connectivity index (χ3n) is 3.41. The van der Waals surface area contributed by atoms with Crippen molar-refractivity contribution < 1.29 is 18.8 Å². The number of aromatic nitrogens is 2. The van der Waals surface area contributed by atoms with Crippen molar-refractivity contribution in [1.29, 1.82) is 0 Å². The number of methoxy groups -OCH3 is 1. The van der Waals surface area contributed by atoms with Gasteiger partial charge in [-0.1, -0.05) is 40.5 Å². The second-order valence-electron chi connectivity index (χ2n) is 4.99. The second kappa shape index (κ2) is 7.55. The van der Waals surface area contributed by atoms with Gasteiger partial charge in [-0.3, -0.25) is 15.1 Å². The normalized spacial score (nSPS) is 10.4. The average Bonchev–Trinajstić information content (AvgIpc) is 3.04. The number of halogens is 2. The first kappa shape index (κ1) is 17.9. The van der Waals surface area contributed by atoms with Crippen LogP contribution in [0.2, 0.25) is 10.0 Å². The Labute approximate surface area is 157 Å². The van der Waals surface area contributed by atoms with Gasteiger partial charge in [0.2, 0.25) is 5.88 Å². The van der Waals surface area contributed by atoms with Crippen LogP contribution in [0.4, 0.5) is 5.88 Å². The summed E-state index contributed by atoms with van der Waals surface area (Å²) in [6.07, 6.45) is 1.46. The van der Waals surface area contributed by atoms with Gasteiger partial charge < -0.3 is 9.26 Å². The molecular weight excluding hydrogens is 381 g/mol. The molecule has 0 radical (unpaired) electrons. The number of carbonyl (C=O) groups excluding carboxylic acids is 2. The van der Waals surface area contributed by atoms with E-state index >= 15 is 0 Å². The maximum absolute atomic E-state index is 12.3. The lowest BCUT2D eigenvalue weighted by Gasteiger charge is -2.06. The van der Waals surface area contributed by atoms with Crippen LogP contribution in [-0.4, -0.2) is 29.1 Å².